The number of hydrogen-bond donors (Lipinski definition) is 2. The number of aromatic amines is 1. The lowest BCUT2D eigenvalue weighted by Gasteiger charge is -2.00. The largest absolute Gasteiger partial charge is 0.351 e. The lowest BCUT2D eigenvalue weighted by Crippen LogP contribution is -1.99. The van der Waals surface area contributed by atoms with Crippen molar-refractivity contribution in [2.75, 3.05) is 5.32 Å². The van der Waals surface area contributed by atoms with Gasteiger partial charge in [0.1, 0.15) is 0 Å². The van der Waals surface area contributed by atoms with Crippen LogP contribution < -0.4 is 5.32 Å². The summed E-state index contributed by atoms with van der Waals surface area (Å²) in [5.74, 6) is 0.822. The maximum absolute atomic E-state index is 4.17. The van der Waals surface area contributed by atoms with Gasteiger partial charge in [-0.2, -0.15) is 0 Å². The minimum atomic E-state index is 0.797. The predicted octanol–water partition coefficient (Wildman–Crippen LogP) is 3.15. The molecule has 2 aromatic rings. The van der Waals surface area contributed by atoms with E-state index in [9.17, 15) is 0 Å². The van der Waals surface area contributed by atoms with Gasteiger partial charge in [0.05, 0.1) is 6.54 Å². The van der Waals surface area contributed by atoms with Gasteiger partial charge in [-0.15, -0.1) is 11.3 Å². The average molecular weight is 272 g/mol. The summed E-state index contributed by atoms with van der Waals surface area (Å²) in [5.41, 5.74) is 1.07. The molecule has 0 unspecified atom stereocenters. The van der Waals surface area contributed by atoms with Gasteiger partial charge in [-0.25, -0.2) is 4.98 Å². The van der Waals surface area contributed by atoms with E-state index < -0.39 is 0 Å². The SMILES string of the molecule is Cc1cnc(NCc2sccc2Br)[nH]1. The van der Waals surface area contributed by atoms with Crippen LogP contribution >= 0.6 is 27.3 Å². The van der Waals surface area contributed by atoms with Gasteiger partial charge in [-0.1, -0.05) is 0 Å². The van der Waals surface area contributed by atoms with E-state index in [0.717, 1.165) is 22.7 Å². The Kier molecular flexibility index (Phi) is 2.88. The molecule has 0 amide bonds. The fraction of sp³-hybridized carbons (Fsp3) is 0.222. The topological polar surface area (TPSA) is 40.7 Å². The minimum absolute atomic E-state index is 0.797. The van der Waals surface area contributed by atoms with E-state index in [4.69, 9.17) is 0 Å². The summed E-state index contributed by atoms with van der Waals surface area (Å²) in [6.07, 6.45) is 1.81. The van der Waals surface area contributed by atoms with E-state index in [0.29, 0.717) is 0 Å². The predicted molar refractivity (Wildman–Crippen MR) is 62.7 cm³/mol. The molecule has 0 radical (unpaired) electrons. The summed E-state index contributed by atoms with van der Waals surface area (Å²) in [7, 11) is 0. The van der Waals surface area contributed by atoms with Crippen LogP contribution in [-0.2, 0) is 6.54 Å². The Morgan fingerprint density at radius 1 is 1.64 bits per heavy atom. The molecular formula is C9H10BrN3S. The third kappa shape index (κ3) is 2.16. The first-order chi connectivity index (χ1) is 6.75. The quantitative estimate of drug-likeness (QED) is 0.901. The van der Waals surface area contributed by atoms with Gasteiger partial charge in [0, 0.05) is 21.2 Å². The van der Waals surface area contributed by atoms with Crippen LogP contribution in [0.15, 0.2) is 22.1 Å². The highest BCUT2D eigenvalue weighted by Crippen LogP contribution is 2.23. The van der Waals surface area contributed by atoms with Gasteiger partial charge in [0.25, 0.3) is 0 Å². The number of thiophene rings is 1. The molecule has 0 saturated heterocycles. The standard InChI is InChI=1S/C9H10BrN3S/c1-6-4-11-9(13-6)12-5-8-7(10)2-3-14-8/h2-4H,5H2,1H3,(H2,11,12,13). The average Bonchev–Trinajstić information content (AvgIpc) is 2.72. The van der Waals surface area contributed by atoms with Crippen molar-refractivity contribution in [1.29, 1.82) is 0 Å². The second kappa shape index (κ2) is 4.14. The van der Waals surface area contributed by atoms with Gasteiger partial charge in [-0.05, 0) is 34.3 Å². The summed E-state index contributed by atoms with van der Waals surface area (Å²) >= 11 is 5.21. The number of H-pyrrole nitrogens is 1. The smallest absolute Gasteiger partial charge is 0.200 e. The first kappa shape index (κ1) is 9.73. The van der Waals surface area contributed by atoms with Crippen LogP contribution in [0.4, 0.5) is 5.95 Å². The van der Waals surface area contributed by atoms with Crippen LogP contribution in [0.2, 0.25) is 0 Å². The Morgan fingerprint density at radius 2 is 2.50 bits per heavy atom. The molecule has 5 heteroatoms. The zero-order chi connectivity index (χ0) is 9.97. The summed E-state index contributed by atoms with van der Waals surface area (Å²) in [5, 5.41) is 5.29. The fourth-order valence-electron chi connectivity index (χ4n) is 1.12. The van der Waals surface area contributed by atoms with Crippen LogP contribution in [0, 0.1) is 6.92 Å². The van der Waals surface area contributed by atoms with Crippen molar-refractivity contribution in [3.05, 3.63) is 32.7 Å². The normalized spacial score (nSPS) is 10.4. The highest BCUT2D eigenvalue weighted by Gasteiger charge is 2.01. The Hall–Kier alpha value is -0.810. The molecule has 0 aliphatic carbocycles. The van der Waals surface area contributed by atoms with E-state index >= 15 is 0 Å². The molecule has 0 aliphatic rings. The molecule has 0 aliphatic heterocycles. The second-order valence-electron chi connectivity index (χ2n) is 2.96. The van der Waals surface area contributed by atoms with Crippen molar-refractivity contribution in [2.45, 2.75) is 13.5 Å². The molecule has 0 saturated carbocycles. The Morgan fingerprint density at radius 3 is 3.07 bits per heavy atom. The molecule has 74 valence electrons. The molecule has 2 heterocycles. The van der Waals surface area contributed by atoms with Crippen molar-refractivity contribution in [3.63, 3.8) is 0 Å². The van der Waals surface area contributed by atoms with Gasteiger partial charge in [-0.3, -0.25) is 0 Å². The number of nitrogens with zero attached hydrogens (tertiary/aromatic N) is 1. The van der Waals surface area contributed by atoms with E-state index in [2.05, 4.69) is 42.7 Å². The van der Waals surface area contributed by atoms with Crippen molar-refractivity contribution in [3.8, 4) is 0 Å². The van der Waals surface area contributed by atoms with Gasteiger partial charge >= 0.3 is 0 Å². The minimum Gasteiger partial charge on any atom is -0.351 e. The van der Waals surface area contributed by atoms with Crippen molar-refractivity contribution in [1.82, 2.24) is 9.97 Å². The number of aromatic nitrogens is 2. The number of hydrogen-bond acceptors (Lipinski definition) is 3. The first-order valence-electron chi connectivity index (χ1n) is 4.23. The summed E-state index contributed by atoms with van der Waals surface area (Å²) in [6.45, 7) is 2.78. The molecular weight excluding hydrogens is 262 g/mol. The van der Waals surface area contributed by atoms with E-state index in [1.54, 1.807) is 11.3 Å². The number of rotatable bonds is 3. The molecule has 2 aromatic heterocycles. The maximum atomic E-state index is 4.17. The van der Waals surface area contributed by atoms with Gasteiger partial charge < -0.3 is 10.3 Å². The zero-order valence-corrected chi connectivity index (χ0v) is 10.1. The first-order valence-corrected chi connectivity index (χ1v) is 5.90. The molecule has 3 nitrogen and oxygen atoms in total. The van der Waals surface area contributed by atoms with Crippen molar-refractivity contribution < 1.29 is 0 Å². The van der Waals surface area contributed by atoms with Crippen LogP contribution in [-0.4, -0.2) is 9.97 Å². The van der Waals surface area contributed by atoms with E-state index in [1.165, 1.54) is 4.88 Å². The summed E-state index contributed by atoms with van der Waals surface area (Å²) in [4.78, 5) is 8.57. The molecule has 0 spiro atoms. The Balaban J connectivity index is 1.98. The van der Waals surface area contributed by atoms with E-state index in [-0.39, 0.29) is 0 Å². The van der Waals surface area contributed by atoms with Crippen LogP contribution in [0.25, 0.3) is 0 Å². The van der Waals surface area contributed by atoms with Crippen molar-refractivity contribution >= 4 is 33.2 Å². The third-order valence-electron chi connectivity index (χ3n) is 1.81. The zero-order valence-electron chi connectivity index (χ0n) is 7.67. The number of halogens is 1. The molecule has 14 heavy (non-hydrogen) atoms. The van der Waals surface area contributed by atoms with Gasteiger partial charge in [0.2, 0.25) is 5.95 Å². The number of imidazole rings is 1. The maximum Gasteiger partial charge on any atom is 0.200 e. The van der Waals surface area contributed by atoms with Crippen molar-refractivity contribution in [2.24, 2.45) is 0 Å². The second-order valence-corrected chi connectivity index (χ2v) is 4.82. The van der Waals surface area contributed by atoms with Crippen LogP contribution in [0.3, 0.4) is 0 Å². The lowest BCUT2D eigenvalue weighted by molar-refractivity contribution is 1.10. The molecule has 0 aromatic carbocycles. The fourth-order valence-corrected chi connectivity index (χ4v) is 2.55. The Labute approximate surface area is 94.7 Å². The number of anilines is 1. The lowest BCUT2D eigenvalue weighted by atomic mass is 10.5. The number of nitrogens with one attached hydrogen (secondary N) is 2. The molecule has 2 N–H and O–H groups in total. The molecule has 0 bridgehead atoms. The molecule has 2 rings (SSSR count). The molecule has 0 atom stereocenters. The number of aryl methyl sites for hydroxylation is 1. The summed E-state index contributed by atoms with van der Waals surface area (Å²) < 4.78 is 1.15. The van der Waals surface area contributed by atoms with E-state index in [1.807, 2.05) is 13.1 Å². The molecule has 0 fully saturated rings. The van der Waals surface area contributed by atoms with Crippen LogP contribution in [0.1, 0.15) is 10.6 Å². The summed E-state index contributed by atoms with van der Waals surface area (Å²) in [6, 6.07) is 2.05. The highest BCUT2D eigenvalue weighted by atomic mass is 79.9. The van der Waals surface area contributed by atoms with Gasteiger partial charge in [0.15, 0.2) is 0 Å². The van der Waals surface area contributed by atoms with Crippen LogP contribution in [0.5, 0.6) is 0 Å². The monoisotopic (exact) mass is 271 g/mol. The third-order valence-corrected chi connectivity index (χ3v) is 3.74. The highest BCUT2D eigenvalue weighted by molar-refractivity contribution is 9.10. The Bertz CT molecular complexity index is 421.